The molecule has 0 radical (unpaired) electrons. The first kappa shape index (κ1) is 15.9. The average Bonchev–Trinajstić information content (AvgIpc) is 2.35. The summed E-state index contributed by atoms with van der Waals surface area (Å²) in [5.74, 6) is 5.32. The van der Waals surface area contributed by atoms with Gasteiger partial charge in [0, 0.05) is 14.0 Å². The number of hydrogen-bond acceptors (Lipinski definition) is 2. The van der Waals surface area contributed by atoms with E-state index in [1.54, 1.807) is 0 Å². The minimum absolute atomic E-state index is 0.190. The molecule has 0 spiro atoms. The fourth-order valence-electron chi connectivity index (χ4n) is 2.01. The molecule has 0 bridgehead atoms. The molecule has 0 fully saturated rings. The molecule has 0 heterocycles. The van der Waals surface area contributed by atoms with Crippen LogP contribution in [0.4, 0.5) is 4.39 Å². The number of rotatable bonds is 4. The summed E-state index contributed by atoms with van der Waals surface area (Å²) in [4.78, 5) is 0. The van der Waals surface area contributed by atoms with E-state index in [0.717, 1.165) is 15.6 Å². The Balaban J connectivity index is 2.28. The summed E-state index contributed by atoms with van der Waals surface area (Å²) in [5.41, 5.74) is 4.43. The highest BCUT2D eigenvalue weighted by atomic mass is 79.9. The second-order valence-corrected chi connectivity index (χ2v) is 6.61. The lowest BCUT2D eigenvalue weighted by molar-refractivity contribution is 0.548. The molecule has 0 saturated carbocycles. The molecule has 3 N–H and O–H groups in total. The second-order valence-electron chi connectivity index (χ2n) is 4.37. The fourth-order valence-corrected chi connectivity index (χ4v) is 3.33. The molecule has 6 heteroatoms. The smallest absolute Gasteiger partial charge is 0.124 e. The van der Waals surface area contributed by atoms with Gasteiger partial charge >= 0.3 is 0 Å². The maximum atomic E-state index is 13.4. The lowest BCUT2D eigenvalue weighted by Crippen LogP contribution is -2.29. The summed E-state index contributed by atoms with van der Waals surface area (Å²) >= 11 is 12.9. The lowest BCUT2D eigenvalue weighted by atomic mass is 9.99. The first-order valence-corrected chi connectivity index (χ1v) is 7.82. The number of benzene rings is 2. The van der Waals surface area contributed by atoms with Crippen molar-refractivity contribution < 1.29 is 4.39 Å². The Labute approximate surface area is 138 Å². The van der Waals surface area contributed by atoms with E-state index in [0.29, 0.717) is 15.9 Å². The minimum atomic E-state index is -0.285. The van der Waals surface area contributed by atoms with Gasteiger partial charge in [-0.15, -0.1) is 0 Å². The van der Waals surface area contributed by atoms with Gasteiger partial charge < -0.3 is 0 Å². The summed E-state index contributed by atoms with van der Waals surface area (Å²) < 4.78 is 15.0. The predicted octanol–water partition coefficient (Wildman–Crippen LogP) is 4.75. The Kier molecular flexibility index (Phi) is 5.57. The monoisotopic (exact) mass is 420 g/mol. The van der Waals surface area contributed by atoms with E-state index >= 15 is 0 Å². The molecule has 0 aliphatic rings. The molecule has 0 aliphatic carbocycles. The van der Waals surface area contributed by atoms with Crippen molar-refractivity contribution >= 4 is 43.5 Å². The first-order chi connectivity index (χ1) is 9.49. The molecule has 0 saturated heterocycles. The highest BCUT2D eigenvalue weighted by Crippen LogP contribution is 2.29. The average molecular weight is 423 g/mol. The Morgan fingerprint density at radius 1 is 1.15 bits per heavy atom. The zero-order valence-electron chi connectivity index (χ0n) is 10.3. The quantitative estimate of drug-likeness (QED) is 0.551. The standard InChI is InChI=1S/C14H12Br2ClFN2/c15-9-1-2-12(13(17)7-9)14(20-19)5-8-3-10(16)6-11(18)4-8/h1-4,6-7,14,20H,5,19H2. The highest BCUT2D eigenvalue weighted by Gasteiger charge is 2.15. The minimum Gasteiger partial charge on any atom is -0.271 e. The van der Waals surface area contributed by atoms with E-state index in [9.17, 15) is 4.39 Å². The van der Waals surface area contributed by atoms with Gasteiger partial charge in [-0.3, -0.25) is 11.3 Å². The molecule has 0 aromatic heterocycles. The predicted molar refractivity (Wildman–Crippen MR) is 87.0 cm³/mol. The van der Waals surface area contributed by atoms with E-state index in [1.807, 2.05) is 24.3 Å². The van der Waals surface area contributed by atoms with E-state index in [-0.39, 0.29) is 11.9 Å². The molecule has 2 aromatic carbocycles. The summed E-state index contributed by atoms with van der Waals surface area (Å²) in [7, 11) is 0. The van der Waals surface area contributed by atoms with Crippen LogP contribution >= 0.6 is 43.5 Å². The van der Waals surface area contributed by atoms with Crippen LogP contribution in [0.3, 0.4) is 0 Å². The van der Waals surface area contributed by atoms with Crippen molar-refractivity contribution in [3.63, 3.8) is 0 Å². The molecule has 20 heavy (non-hydrogen) atoms. The van der Waals surface area contributed by atoms with E-state index in [2.05, 4.69) is 37.3 Å². The zero-order chi connectivity index (χ0) is 14.7. The third-order valence-corrected chi connectivity index (χ3v) is 4.18. The van der Waals surface area contributed by atoms with Gasteiger partial charge in [0.2, 0.25) is 0 Å². The zero-order valence-corrected chi connectivity index (χ0v) is 14.3. The summed E-state index contributed by atoms with van der Waals surface area (Å²) in [6, 6.07) is 10.2. The van der Waals surface area contributed by atoms with Crippen molar-refractivity contribution in [2.75, 3.05) is 0 Å². The van der Waals surface area contributed by atoms with Crippen molar-refractivity contribution in [2.45, 2.75) is 12.5 Å². The Bertz CT molecular complexity index is 602. The Morgan fingerprint density at radius 2 is 1.90 bits per heavy atom. The Hall–Kier alpha value is -0.460. The SMILES string of the molecule is NNC(Cc1cc(F)cc(Br)c1)c1ccc(Br)cc1Cl. The molecule has 2 rings (SSSR count). The number of nitrogens with one attached hydrogen (secondary N) is 1. The van der Waals surface area contributed by atoms with Gasteiger partial charge in [0.1, 0.15) is 5.82 Å². The largest absolute Gasteiger partial charge is 0.271 e. The molecule has 0 amide bonds. The van der Waals surface area contributed by atoms with Crippen molar-refractivity contribution in [2.24, 2.45) is 5.84 Å². The fraction of sp³-hybridized carbons (Fsp3) is 0.143. The van der Waals surface area contributed by atoms with Crippen LogP contribution in [0, 0.1) is 5.82 Å². The van der Waals surface area contributed by atoms with Crippen LogP contribution in [0.1, 0.15) is 17.2 Å². The van der Waals surface area contributed by atoms with Crippen molar-refractivity contribution in [1.82, 2.24) is 5.43 Å². The van der Waals surface area contributed by atoms with Gasteiger partial charge in [-0.05, 0) is 47.9 Å². The summed E-state index contributed by atoms with van der Waals surface area (Å²) in [5, 5.41) is 0.609. The van der Waals surface area contributed by atoms with Crippen LogP contribution in [0.5, 0.6) is 0 Å². The second kappa shape index (κ2) is 7.00. The molecule has 106 valence electrons. The van der Waals surface area contributed by atoms with Crippen LogP contribution in [-0.4, -0.2) is 0 Å². The van der Waals surface area contributed by atoms with E-state index in [1.165, 1.54) is 12.1 Å². The third-order valence-electron chi connectivity index (χ3n) is 2.90. The van der Waals surface area contributed by atoms with Crippen LogP contribution in [0.25, 0.3) is 0 Å². The van der Waals surface area contributed by atoms with Gasteiger partial charge in [0.25, 0.3) is 0 Å². The molecular weight excluding hydrogens is 410 g/mol. The van der Waals surface area contributed by atoms with Crippen LogP contribution in [-0.2, 0) is 6.42 Å². The normalized spacial score (nSPS) is 12.4. The van der Waals surface area contributed by atoms with Gasteiger partial charge in [-0.2, -0.15) is 0 Å². The van der Waals surface area contributed by atoms with Gasteiger partial charge in [0.05, 0.1) is 6.04 Å². The lowest BCUT2D eigenvalue weighted by Gasteiger charge is -2.18. The molecule has 2 nitrogen and oxygen atoms in total. The first-order valence-electron chi connectivity index (χ1n) is 5.85. The maximum Gasteiger partial charge on any atom is 0.124 e. The van der Waals surface area contributed by atoms with E-state index < -0.39 is 0 Å². The molecular formula is C14H12Br2ClFN2. The molecule has 0 aliphatic heterocycles. The summed E-state index contributed by atoms with van der Waals surface area (Å²) in [6.45, 7) is 0. The van der Waals surface area contributed by atoms with Crippen LogP contribution in [0.15, 0.2) is 45.3 Å². The maximum absolute atomic E-state index is 13.4. The third kappa shape index (κ3) is 4.02. The number of hydrogen-bond donors (Lipinski definition) is 2. The van der Waals surface area contributed by atoms with Crippen molar-refractivity contribution in [3.05, 3.63) is 67.3 Å². The Morgan fingerprint density at radius 3 is 2.50 bits per heavy atom. The summed E-state index contributed by atoms with van der Waals surface area (Å²) in [6.07, 6.45) is 0.536. The van der Waals surface area contributed by atoms with Crippen LogP contribution in [0.2, 0.25) is 5.02 Å². The highest BCUT2D eigenvalue weighted by molar-refractivity contribution is 9.10. The van der Waals surface area contributed by atoms with Crippen LogP contribution < -0.4 is 11.3 Å². The van der Waals surface area contributed by atoms with Gasteiger partial charge in [0.15, 0.2) is 0 Å². The van der Waals surface area contributed by atoms with E-state index in [4.69, 9.17) is 17.4 Å². The van der Waals surface area contributed by atoms with Gasteiger partial charge in [-0.1, -0.05) is 49.5 Å². The number of halogens is 4. The van der Waals surface area contributed by atoms with Gasteiger partial charge in [-0.25, -0.2) is 4.39 Å². The molecule has 1 unspecified atom stereocenters. The van der Waals surface area contributed by atoms with Crippen molar-refractivity contribution in [1.29, 1.82) is 0 Å². The van der Waals surface area contributed by atoms with Crippen molar-refractivity contribution in [3.8, 4) is 0 Å². The topological polar surface area (TPSA) is 38.0 Å². The number of nitrogens with two attached hydrogens (primary N) is 1. The number of hydrazine groups is 1. The molecule has 2 aromatic rings. The molecule has 1 atom stereocenters.